The van der Waals surface area contributed by atoms with Gasteiger partial charge in [0.05, 0.1) is 0 Å². The third-order valence-electron chi connectivity index (χ3n) is 5.57. The van der Waals surface area contributed by atoms with Crippen molar-refractivity contribution in [3.63, 3.8) is 0 Å². The molecule has 92 valence electrons. The molecule has 2 aliphatic heterocycles. The van der Waals surface area contributed by atoms with Crippen molar-refractivity contribution in [2.75, 3.05) is 13.6 Å². The molecule has 16 heavy (non-hydrogen) atoms. The molecule has 2 heterocycles. The number of rotatable bonds is 4. The molecule has 0 spiro atoms. The van der Waals surface area contributed by atoms with Crippen molar-refractivity contribution < 1.29 is 0 Å². The van der Waals surface area contributed by atoms with Crippen LogP contribution in [0.1, 0.15) is 51.9 Å². The van der Waals surface area contributed by atoms with Crippen LogP contribution in [0.25, 0.3) is 0 Å². The maximum atomic E-state index is 3.87. The molecule has 2 heteroatoms. The van der Waals surface area contributed by atoms with E-state index in [0.717, 1.165) is 18.1 Å². The maximum Gasteiger partial charge on any atom is 0.0111 e. The lowest BCUT2D eigenvalue weighted by atomic mass is 9.96. The minimum absolute atomic E-state index is 0.711. The maximum absolute atomic E-state index is 3.87. The summed E-state index contributed by atoms with van der Waals surface area (Å²) in [5.74, 6) is 0. The summed E-state index contributed by atoms with van der Waals surface area (Å²) in [7, 11) is 2.33. The fourth-order valence-corrected chi connectivity index (χ4v) is 3.77. The SMILES string of the molecule is CCC1(CNC2CC3CCC(C2)N3C)CC1. The van der Waals surface area contributed by atoms with Crippen LogP contribution >= 0.6 is 0 Å². The van der Waals surface area contributed by atoms with E-state index in [2.05, 4.69) is 24.2 Å². The third kappa shape index (κ3) is 1.91. The van der Waals surface area contributed by atoms with Gasteiger partial charge in [0, 0.05) is 24.7 Å². The summed E-state index contributed by atoms with van der Waals surface area (Å²) < 4.78 is 0. The molecule has 3 aliphatic rings. The number of nitrogens with zero attached hydrogens (tertiary/aromatic N) is 1. The predicted molar refractivity (Wildman–Crippen MR) is 67.6 cm³/mol. The van der Waals surface area contributed by atoms with Gasteiger partial charge in [0.1, 0.15) is 0 Å². The lowest BCUT2D eigenvalue weighted by molar-refractivity contribution is 0.145. The van der Waals surface area contributed by atoms with Crippen molar-refractivity contribution >= 4 is 0 Å². The Morgan fingerprint density at radius 2 is 1.81 bits per heavy atom. The minimum atomic E-state index is 0.711. The number of nitrogens with one attached hydrogen (secondary N) is 1. The van der Waals surface area contributed by atoms with E-state index in [1.165, 1.54) is 51.5 Å². The lowest BCUT2D eigenvalue weighted by Gasteiger charge is -2.37. The normalized spacial score (nSPS) is 41.2. The van der Waals surface area contributed by atoms with Crippen LogP contribution in [0.15, 0.2) is 0 Å². The van der Waals surface area contributed by atoms with Crippen molar-refractivity contribution in [2.45, 2.75) is 70.0 Å². The van der Waals surface area contributed by atoms with E-state index in [9.17, 15) is 0 Å². The smallest absolute Gasteiger partial charge is 0.0111 e. The molecule has 3 fully saturated rings. The molecule has 0 radical (unpaired) electrons. The van der Waals surface area contributed by atoms with Gasteiger partial charge in [-0.1, -0.05) is 6.92 Å². The van der Waals surface area contributed by atoms with Gasteiger partial charge in [-0.05, 0) is 57.4 Å². The van der Waals surface area contributed by atoms with E-state index in [1.54, 1.807) is 0 Å². The quantitative estimate of drug-likeness (QED) is 0.786. The van der Waals surface area contributed by atoms with Crippen LogP contribution in [0, 0.1) is 5.41 Å². The Hall–Kier alpha value is -0.0800. The Balaban J connectivity index is 1.50. The van der Waals surface area contributed by atoms with Gasteiger partial charge < -0.3 is 10.2 Å². The second-order valence-corrected chi connectivity index (χ2v) is 6.45. The van der Waals surface area contributed by atoms with Crippen molar-refractivity contribution in [1.82, 2.24) is 10.2 Å². The molecule has 0 amide bonds. The molecule has 2 unspecified atom stereocenters. The van der Waals surface area contributed by atoms with E-state index in [1.807, 2.05) is 0 Å². The Morgan fingerprint density at radius 3 is 2.31 bits per heavy atom. The zero-order chi connectivity index (χ0) is 11.2. The minimum Gasteiger partial charge on any atom is -0.313 e. The summed E-state index contributed by atoms with van der Waals surface area (Å²) in [6, 6.07) is 2.58. The first-order valence-electron chi connectivity index (χ1n) is 7.18. The summed E-state index contributed by atoms with van der Waals surface area (Å²) in [6.45, 7) is 3.64. The molecule has 3 rings (SSSR count). The van der Waals surface area contributed by atoms with E-state index in [0.29, 0.717) is 5.41 Å². The Labute approximate surface area is 99.8 Å². The highest BCUT2D eigenvalue weighted by atomic mass is 15.2. The Kier molecular flexibility index (Phi) is 2.75. The molecular weight excluding hydrogens is 196 g/mol. The third-order valence-corrected chi connectivity index (χ3v) is 5.57. The van der Waals surface area contributed by atoms with Crippen molar-refractivity contribution in [3.05, 3.63) is 0 Å². The molecule has 2 saturated heterocycles. The van der Waals surface area contributed by atoms with E-state index < -0.39 is 0 Å². The van der Waals surface area contributed by atoms with Crippen molar-refractivity contribution in [1.29, 1.82) is 0 Å². The molecule has 1 aliphatic carbocycles. The van der Waals surface area contributed by atoms with E-state index >= 15 is 0 Å². The van der Waals surface area contributed by atoms with Gasteiger partial charge >= 0.3 is 0 Å². The molecule has 2 nitrogen and oxygen atoms in total. The van der Waals surface area contributed by atoms with Gasteiger partial charge in [-0.25, -0.2) is 0 Å². The summed E-state index contributed by atoms with van der Waals surface area (Å²) >= 11 is 0. The van der Waals surface area contributed by atoms with Crippen LogP contribution in [-0.4, -0.2) is 36.6 Å². The number of hydrogen-bond donors (Lipinski definition) is 1. The first-order valence-corrected chi connectivity index (χ1v) is 7.18. The summed E-state index contributed by atoms with van der Waals surface area (Å²) in [4.78, 5) is 2.63. The van der Waals surface area contributed by atoms with Crippen LogP contribution in [0.5, 0.6) is 0 Å². The number of fused-ring (bicyclic) bond motifs is 2. The zero-order valence-electron chi connectivity index (χ0n) is 10.8. The van der Waals surface area contributed by atoms with Crippen LogP contribution in [0.2, 0.25) is 0 Å². The highest BCUT2D eigenvalue weighted by Crippen LogP contribution is 2.48. The largest absolute Gasteiger partial charge is 0.313 e. The van der Waals surface area contributed by atoms with Gasteiger partial charge in [-0.3, -0.25) is 0 Å². The van der Waals surface area contributed by atoms with E-state index in [-0.39, 0.29) is 0 Å². The van der Waals surface area contributed by atoms with Crippen LogP contribution in [0.4, 0.5) is 0 Å². The fourth-order valence-electron chi connectivity index (χ4n) is 3.77. The Morgan fingerprint density at radius 1 is 1.19 bits per heavy atom. The second-order valence-electron chi connectivity index (χ2n) is 6.45. The predicted octanol–water partition coefficient (Wildman–Crippen LogP) is 2.39. The van der Waals surface area contributed by atoms with Crippen LogP contribution < -0.4 is 5.32 Å². The van der Waals surface area contributed by atoms with Crippen LogP contribution in [0.3, 0.4) is 0 Å². The second kappa shape index (κ2) is 3.99. The van der Waals surface area contributed by atoms with Gasteiger partial charge in [0.2, 0.25) is 0 Å². The molecule has 1 N–H and O–H groups in total. The van der Waals surface area contributed by atoms with Gasteiger partial charge in [0.25, 0.3) is 0 Å². The summed E-state index contributed by atoms with van der Waals surface area (Å²) in [5.41, 5.74) is 0.711. The monoisotopic (exact) mass is 222 g/mol. The fraction of sp³-hybridized carbons (Fsp3) is 1.00. The van der Waals surface area contributed by atoms with E-state index in [4.69, 9.17) is 0 Å². The highest BCUT2D eigenvalue weighted by molar-refractivity contribution is 4.99. The zero-order valence-corrected chi connectivity index (χ0v) is 10.8. The topological polar surface area (TPSA) is 15.3 Å². The van der Waals surface area contributed by atoms with Gasteiger partial charge in [0.15, 0.2) is 0 Å². The van der Waals surface area contributed by atoms with Gasteiger partial charge in [-0.2, -0.15) is 0 Å². The summed E-state index contributed by atoms with van der Waals surface area (Å²) in [6.07, 6.45) is 9.99. The number of hydrogen-bond acceptors (Lipinski definition) is 2. The van der Waals surface area contributed by atoms with Crippen molar-refractivity contribution in [3.8, 4) is 0 Å². The molecule has 1 saturated carbocycles. The molecule has 2 bridgehead atoms. The molecule has 0 aromatic heterocycles. The van der Waals surface area contributed by atoms with Crippen molar-refractivity contribution in [2.24, 2.45) is 5.41 Å². The number of piperidine rings is 1. The average molecular weight is 222 g/mol. The van der Waals surface area contributed by atoms with Crippen LogP contribution in [-0.2, 0) is 0 Å². The molecule has 0 aromatic carbocycles. The molecule has 0 aromatic rings. The molecule has 2 atom stereocenters. The Bertz CT molecular complexity index is 245. The summed E-state index contributed by atoms with van der Waals surface area (Å²) in [5, 5.41) is 3.87. The molecular formula is C14H26N2. The highest BCUT2D eigenvalue weighted by Gasteiger charge is 2.42. The standard InChI is InChI=1S/C14H26N2/c1-3-14(6-7-14)10-15-11-8-12-4-5-13(9-11)16(12)2/h11-13,15H,3-10H2,1-2H3. The first-order chi connectivity index (χ1) is 7.72. The van der Waals surface area contributed by atoms with Gasteiger partial charge in [-0.15, -0.1) is 0 Å². The lowest BCUT2D eigenvalue weighted by Crippen LogP contribution is -2.48. The average Bonchev–Trinajstić information content (AvgIpc) is 3.05. The first kappa shape index (κ1) is 11.0.